The van der Waals surface area contributed by atoms with Crippen molar-refractivity contribution in [2.24, 2.45) is 11.3 Å². The molecule has 0 radical (unpaired) electrons. The number of carbonyl (C=O) groups excluding carboxylic acids is 2. The van der Waals surface area contributed by atoms with Gasteiger partial charge in [0.25, 0.3) is 11.8 Å². The van der Waals surface area contributed by atoms with E-state index in [0.717, 1.165) is 25.7 Å². The van der Waals surface area contributed by atoms with Crippen molar-refractivity contribution in [2.45, 2.75) is 79.2 Å². The Morgan fingerprint density at radius 3 is 2.42 bits per heavy atom. The van der Waals surface area contributed by atoms with Crippen molar-refractivity contribution in [1.82, 2.24) is 9.47 Å². The van der Waals surface area contributed by atoms with E-state index in [1.807, 2.05) is 13.0 Å². The molecule has 1 aromatic heterocycles. The van der Waals surface area contributed by atoms with E-state index in [1.165, 1.54) is 36.3 Å². The maximum absolute atomic E-state index is 11.8. The molecular formula is C25H38N2O4. The summed E-state index contributed by atoms with van der Waals surface area (Å²) < 4.78 is 1.54. The monoisotopic (exact) mass is 430 g/mol. The summed E-state index contributed by atoms with van der Waals surface area (Å²) in [6.45, 7) is 9.38. The lowest BCUT2D eigenvalue weighted by molar-refractivity contribution is -0.137. The summed E-state index contributed by atoms with van der Waals surface area (Å²) in [5.74, 6) is -0.191. The molecule has 172 valence electrons. The van der Waals surface area contributed by atoms with E-state index in [1.54, 1.807) is 10.6 Å². The van der Waals surface area contributed by atoms with Crippen LogP contribution in [0.5, 0.6) is 11.8 Å². The van der Waals surface area contributed by atoms with Crippen molar-refractivity contribution >= 4 is 17.9 Å². The van der Waals surface area contributed by atoms with Gasteiger partial charge in [-0.05, 0) is 37.0 Å². The van der Waals surface area contributed by atoms with Gasteiger partial charge in [-0.2, -0.15) is 0 Å². The fraction of sp³-hybridized carbons (Fsp3) is 0.600. The average Bonchev–Trinajstić information content (AvgIpc) is 3.15. The van der Waals surface area contributed by atoms with Crippen LogP contribution in [0.1, 0.15) is 78.2 Å². The molecular weight excluding hydrogens is 392 g/mol. The lowest BCUT2D eigenvalue weighted by Crippen LogP contribution is -2.35. The molecule has 2 amide bonds. The van der Waals surface area contributed by atoms with Crippen LogP contribution in [0.25, 0.3) is 6.08 Å². The third-order valence-electron chi connectivity index (χ3n) is 5.90. The first-order chi connectivity index (χ1) is 14.6. The smallest absolute Gasteiger partial charge is 0.253 e. The molecule has 1 atom stereocenters. The number of carbonyl (C=O) groups is 2. The molecule has 31 heavy (non-hydrogen) atoms. The number of imide groups is 1. The van der Waals surface area contributed by atoms with E-state index in [0.29, 0.717) is 18.7 Å². The van der Waals surface area contributed by atoms with Crippen LogP contribution < -0.4 is 0 Å². The van der Waals surface area contributed by atoms with Crippen molar-refractivity contribution < 1.29 is 19.8 Å². The number of aromatic nitrogens is 1. The van der Waals surface area contributed by atoms with E-state index >= 15 is 0 Å². The Balaban J connectivity index is 1.88. The summed E-state index contributed by atoms with van der Waals surface area (Å²) in [5, 5.41) is 20.8. The third-order valence-corrected chi connectivity index (χ3v) is 5.90. The van der Waals surface area contributed by atoms with Crippen LogP contribution in [0.15, 0.2) is 24.3 Å². The SMILES string of the molecule is CCCCCC/C=C/c1cc(O)n(CCC(C)(C)CC(C)CN2C(=O)C=CC2=O)c1O. The topological polar surface area (TPSA) is 82.8 Å². The Labute approximate surface area is 186 Å². The maximum Gasteiger partial charge on any atom is 0.253 e. The van der Waals surface area contributed by atoms with Gasteiger partial charge in [-0.15, -0.1) is 0 Å². The van der Waals surface area contributed by atoms with Crippen LogP contribution in [-0.4, -0.2) is 38.0 Å². The minimum atomic E-state index is -0.247. The number of hydrogen-bond donors (Lipinski definition) is 2. The van der Waals surface area contributed by atoms with E-state index < -0.39 is 0 Å². The van der Waals surface area contributed by atoms with Gasteiger partial charge in [0.2, 0.25) is 5.88 Å². The van der Waals surface area contributed by atoms with E-state index in [-0.39, 0.29) is 34.9 Å². The van der Waals surface area contributed by atoms with Crippen LogP contribution in [0, 0.1) is 11.3 Å². The van der Waals surface area contributed by atoms with Crippen LogP contribution >= 0.6 is 0 Å². The minimum absolute atomic E-state index is 0.0614. The van der Waals surface area contributed by atoms with Crippen molar-refractivity contribution in [3.8, 4) is 11.8 Å². The predicted octanol–water partition coefficient (Wildman–Crippen LogP) is 5.25. The molecule has 1 unspecified atom stereocenters. The van der Waals surface area contributed by atoms with Crippen LogP contribution in [0.4, 0.5) is 0 Å². The Morgan fingerprint density at radius 2 is 1.77 bits per heavy atom. The summed E-state index contributed by atoms with van der Waals surface area (Å²) in [7, 11) is 0. The summed E-state index contributed by atoms with van der Waals surface area (Å²) in [6.07, 6.45) is 13.9. The molecule has 0 fully saturated rings. The van der Waals surface area contributed by atoms with E-state index in [2.05, 4.69) is 26.8 Å². The number of nitrogens with zero attached hydrogens (tertiary/aromatic N) is 2. The van der Waals surface area contributed by atoms with Gasteiger partial charge in [-0.1, -0.05) is 59.1 Å². The summed E-state index contributed by atoms with van der Waals surface area (Å²) in [6, 6.07) is 1.60. The molecule has 1 aromatic rings. The van der Waals surface area contributed by atoms with Gasteiger partial charge in [-0.25, -0.2) is 0 Å². The Morgan fingerprint density at radius 1 is 1.10 bits per heavy atom. The lowest BCUT2D eigenvalue weighted by atomic mass is 9.80. The van der Waals surface area contributed by atoms with Gasteiger partial charge in [0.15, 0.2) is 5.88 Å². The first-order valence-corrected chi connectivity index (χ1v) is 11.5. The molecule has 2 N–H and O–H groups in total. The highest BCUT2D eigenvalue weighted by atomic mass is 16.3. The van der Waals surface area contributed by atoms with Crippen molar-refractivity contribution in [3.05, 3.63) is 29.9 Å². The number of hydrogen-bond acceptors (Lipinski definition) is 4. The second kappa shape index (κ2) is 11.2. The third kappa shape index (κ3) is 7.30. The van der Waals surface area contributed by atoms with Gasteiger partial charge in [0.1, 0.15) is 0 Å². The number of rotatable bonds is 13. The minimum Gasteiger partial charge on any atom is -0.494 e. The van der Waals surface area contributed by atoms with Crippen molar-refractivity contribution in [3.63, 3.8) is 0 Å². The fourth-order valence-electron chi connectivity index (χ4n) is 4.24. The van der Waals surface area contributed by atoms with Gasteiger partial charge in [0.05, 0.1) is 0 Å². The van der Waals surface area contributed by atoms with Gasteiger partial charge in [0, 0.05) is 36.9 Å². The zero-order chi connectivity index (χ0) is 23.0. The molecule has 0 aliphatic carbocycles. The van der Waals surface area contributed by atoms with Gasteiger partial charge >= 0.3 is 0 Å². The molecule has 2 heterocycles. The van der Waals surface area contributed by atoms with Crippen molar-refractivity contribution in [2.75, 3.05) is 6.54 Å². The van der Waals surface area contributed by atoms with Crippen LogP contribution in [0.2, 0.25) is 0 Å². The quantitative estimate of drug-likeness (QED) is 0.331. The van der Waals surface area contributed by atoms with Crippen LogP contribution in [0.3, 0.4) is 0 Å². The van der Waals surface area contributed by atoms with E-state index in [9.17, 15) is 19.8 Å². The zero-order valence-corrected chi connectivity index (χ0v) is 19.4. The summed E-state index contributed by atoms with van der Waals surface area (Å²) in [5.41, 5.74) is 0.551. The largest absolute Gasteiger partial charge is 0.494 e. The Hall–Kier alpha value is -2.50. The summed E-state index contributed by atoms with van der Waals surface area (Å²) >= 11 is 0. The summed E-state index contributed by atoms with van der Waals surface area (Å²) in [4.78, 5) is 24.8. The normalized spacial score (nSPS) is 15.5. The second-order valence-corrected chi connectivity index (χ2v) is 9.53. The average molecular weight is 431 g/mol. The molecule has 1 aliphatic rings. The number of allylic oxidation sites excluding steroid dienone is 1. The fourth-order valence-corrected chi connectivity index (χ4v) is 4.24. The Kier molecular flexibility index (Phi) is 8.96. The molecule has 0 saturated carbocycles. The molecule has 1 aliphatic heterocycles. The molecule has 0 saturated heterocycles. The van der Waals surface area contributed by atoms with Crippen LogP contribution in [-0.2, 0) is 16.1 Å². The van der Waals surface area contributed by atoms with Gasteiger partial charge < -0.3 is 10.2 Å². The maximum atomic E-state index is 11.8. The lowest BCUT2D eigenvalue weighted by Gasteiger charge is -2.30. The Bertz CT molecular complexity index is 802. The van der Waals surface area contributed by atoms with E-state index in [4.69, 9.17) is 0 Å². The highest BCUT2D eigenvalue weighted by Gasteiger charge is 2.28. The molecule has 0 bridgehead atoms. The molecule has 2 rings (SSSR count). The zero-order valence-electron chi connectivity index (χ0n) is 19.4. The number of aromatic hydroxyl groups is 2. The second-order valence-electron chi connectivity index (χ2n) is 9.53. The predicted molar refractivity (Wildman–Crippen MR) is 124 cm³/mol. The molecule has 6 nitrogen and oxygen atoms in total. The highest BCUT2D eigenvalue weighted by Crippen LogP contribution is 2.34. The number of amides is 2. The number of unbranched alkanes of at least 4 members (excludes halogenated alkanes) is 4. The first-order valence-electron chi connectivity index (χ1n) is 11.5. The molecule has 0 aromatic carbocycles. The molecule has 6 heteroatoms. The van der Waals surface area contributed by atoms with Crippen molar-refractivity contribution in [1.29, 1.82) is 0 Å². The first kappa shape index (κ1) is 24.8. The van der Waals surface area contributed by atoms with Gasteiger partial charge in [-0.3, -0.25) is 19.1 Å². The highest BCUT2D eigenvalue weighted by molar-refractivity contribution is 6.12. The molecule has 0 spiro atoms. The standard InChI is InChI=1S/C25H38N2O4/c1-5-6-7-8-9-10-11-20-16-23(30)26(24(20)31)15-14-25(3,4)17-19(2)18-27-21(28)12-13-22(27)29/h10-13,16,19,30-31H,5-9,14-15,17-18H2,1-4H3/b11-10+.